The third-order valence-electron chi connectivity index (χ3n) is 3.17. The minimum absolute atomic E-state index is 0.0954. The number of rotatable bonds is 5. The molecule has 1 saturated heterocycles. The van der Waals surface area contributed by atoms with Crippen molar-refractivity contribution in [2.45, 2.75) is 12.6 Å². The van der Waals surface area contributed by atoms with Crippen LogP contribution in [0.1, 0.15) is 12.0 Å². The quantitative estimate of drug-likeness (QED) is 0.778. The molecule has 0 N–H and O–H groups in total. The van der Waals surface area contributed by atoms with E-state index >= 15 is 0 Å². The van der Waals surface area contributed by atoms with Crippen molar-refractivity contribution in [3.8, 4) is 5.75 Å². The molecule has 0 aromatic heterocycles. The molecule has 0 radical (unpaired) electrons. The molecule has 0 unspecified atom stereocenters. The van der Waals surface area contributed by atoms with Crippen LogP contribution in [0.25, 0.3) is 0 Å². The van der Waals surface area contributed by atoms with Crippen molar-refractivity contribution in [1.29, 1.82) is 0 Å². The fraction of sp³-hybridized carbons (Fsp3) is 0.571. The van der Waals surface area contributed by atoms with E-state index in [2.05, 4.69) is 4.90 Å². The van der Waals surface area contributed by atoms with Crippen molar-refractivity contribution in [2.75, 3.05) is 39.5 Å². The van der Waals surface area contributed by atoms with Crippen LogP contribution >= 0.6 is 0 Å². The van der Waals surface area contributed by atoms with Gasteiger partial charge in [0.25, 0.3) is 0 Å². The highest BCUT2D eigenvalue weighted by Crippen LogP contribution is 2.35. The van der Waals surface area contributed by atoms with Crippen molar-refractivity contribution in [3.63, 3.8) is 0 Å². The van der Waals surface area contributed by atoms with E-state index in [-0.39, 0.29) is 12.4 Å². The molecule has 1 aromatic rings. The minimum Gasteiger partial charge on any atom is -0.493 e. The van der Waals surface area contributed by atoms with E-state index < -0.39 is 11.7 Å². The lowest BCUT2D eigenvalue weighted by Gasteiger charge is -2.26. The van der Waals surface area contributed by atoms with Gasteiger partial charge in [-0.2, -0.15) is 13.2 Å². The van der Waals surface area contributed by atoms with Crippen LogP contribution in [0.3, 0.4) is 0 Å². The van der Waals surface area contributed by atoms with E-state index in [4.69, 9.17) is 9.47 Å². The zero-order valence-corrected chi connectivity index (χ0v) is 11.2. The van der Waals surface area contributed by atoms with Crippen molar-refractivity contribution in [3.05, 3.63) is 29.8 Å². The Morgan fingerprint density at radius 1 is 1.15 bits per heavy atom. The van der Waals surface area contributed by atoms with Crippen LogP contribution < -0.4 is 4.74 Å². The highest BCUT2D eigenvalue weighted by Gasteiger charge is 2.33. The first-order valence-electron chi connectivity index (χ1n) is 6.66. The summed E-state index contributed by atoms with van der Waals surface area (Å²) in [6, 6.07) is 5.31. The highest BCUT2D eigenvalue weighted by atomic mass is 19.4. The average Bonchev–Trinajstić information content (AvgIpc) is 2.44. The third kappa shape index (κ3) is 4.38. The number of para-hydroxylation sites is 1. The van der Waals surface area contributed by atoms with Gasteiger partial charge in [-0.15, -0.1) is 0 Å². The smallest absolute Gasteiger partial charge is 0.419 e. The molecular formula is C14H18F3NO2. The number of benzene rings is 1. The summed E-state index contributed by atoms with van der Waals surface area (Å²) in [5.41, 5.74) is -0.716. The Morgan fingerprint density at radius 3 is 2.55 bits per heavy atom. The molecule has 0 amide bonds. The lowest BCUT2D eigenvalue weighted by Crippen LogP contribution is -2.37. The third-order valence-corrected chi connectivity index (χ3v) is 3.17. The number of ether oxygens (including phenoxy) is 2. The number of hydrogen-bond donors (Lipinski definition) is 0. The Morgan fingerprint density at radius 2 is 1.85 bits per heavy atom. The molecule has 6 heteroatoms. The van der Waals surface area contributed by atoms with Gasteiger partial charge in [-0.3, -0.25) is 4.90 Å². The standard InChI is InChI=1S/C14H18F3NO2/c15-14(16,17)12-4-1-2-5-13(12)20-9-3-6-18-7-10-19-11-8-18/h1-2,4-5H,3,6-11H2. The second-order valence-corrected chi connectivity index (χ2v) is 4.65. The van der Waals surface area contributed by atoms with Crippen molar-refractivity contribution in [1.82, 2.24) is 4.90 Å². The van der Waals surface area contributed by atoms with E-state index in [0.29, 0.717) is 6.42 Å². The maximum atomic E-state index is 12.7. The van der Waals surface area contributed by atoms with Crippen LogP contribution in [0.15, 0.2) is 24.3 Å². The molecule has 0 saturated carbocycles. The number of halogens is 3. The fourth-order valence-corrected chi connectivity index (χ4v) is 2.12. The number of alkyl halides is 3. The van der Waals surface area contributed by atoms with E-state index in [0.717, 1.165) is 38.9 Å². The SMILES string of the molecule is FC(F)(F)c1ccccc1OCCCN1CCOCC1. The van der Waals surface area contributed by atoms with E-state index in [1.165, 1.54) is 12.1 Å². The Kier molecular flexibility index (Phi) is 5.25. The molecule has 1 aromatic carbocycles. The zero-order chi connectivity index (χ0) is 14.4. The van der Waals surface area contributed by atoms with Gasteiger partial charge < -0.3 is 9.47 Å². The first-order valence-corrected chi connectivity index (χ1v) is 6.66. The lowest BCUT2D eigenvalue weighted by atomic mass is 10.2. The molecule has 20 heavy (non-hydrogen) atoms. The maximum absolute atomic E-state index is 12.7. The lowest BCUT2D eigenvalue weighted by molar-refractivity contribution is -0.139. The van der Waals surface area contributed by atoms with Gasteiger partial charge in [-0.25, -0.2) is 0 Å². The van der Waals surface area contributed by atoms with Gasteiger partial charge >= 0.3 is 6.18 Å². The Labute approximate surface area is 116 Å². The highest BCUT2D eigenvalue weighted by molar-refractivity contribution is 5.35. The summed E-state index contributed by atoms with van der Waals surface area (Å²) in [4.78, 5) is 2.22. The minimum atomic E-state index is -4.37. The molecular weight excluding hydrogens is 271 g/mol. The first kappa shape index (κ1) is 15.1. The molecule has 3 nitrogen and oxygen atoms in total. The first-order chi connectivity index (χ1) is 9.57. The summed E-state index contributed by atoms with van der Waals surface area (Å²) < 4.78 is 48.7. The van der Waals surface area contributed by atoms with E-state index in [1.54, 1.807) is 6.07 Å². The summed E-state index contributed by atoms with van der Waals surface area (Å²) in [5, 5.41) is 0. The van der Waals surface area contributed by atoms with Gasteiger partial charge in [0.15, 0.2) is 0 Å². The molecule has 0 atom stereocenters. The van der Waals surface area contributed by atoms with Crippen molar-refractivity contribution in [2.24, 2.45) is 0 Å². The number of morpholine rings is 1. The second kappa shape index (κ2) is 6.95. The van der Waals surface area contributed by atoms with Gasteiger partial charge in [0.1, 0.15) is 5.75 Å². The van der Waals surface area contributed by atoms with Gasteiger partial charge in [0.05, 0.1) is 25.4 Å². The Bertz CT molecular complexity index is 417. The molecule has 2 rings (SSSR count). The fourth-order valence-electron chi connectivity index (χ4n) is 2.12. The van der Waals surface area contributed by atoms with Gasteiger partial charge in [0.2, 0.25) is 0 Å². The molecule has 0 spiro atoms. The normalized spacial score (nSPS) is 17.1. The second-order valence-electron chi connectivity index (χ2n) is 4.65. The molecule has 0 bridgehead atoms. The predicted molar refractivity (Wildman–Crippen MR) is 68.8 cm³/mol. The van der Waals surface area contributed by atoms with Crippen LogP contribution in [0.5, 0.6) is 5.75 Å². The average molecular weight is 289 g/mol. The van der Waals surface area contributed by atoms with Gasteiger partial charge in [-0.05, 0) is 18.6 Å². The van der Waals surface area contributed by atoms with Crippen LogP contribution in [0.2, 0.25) is 0 Å². The number of nitrogens with zero attached hydrogens (tertiary/aromatic N) is 1. The van der Waals surface area contributed by atoms with Crippen LogP contribution in [-0.4, -0.2) is 44.4 Å². The zero-order valence-electron chi connectivity index (χ0n) is 11.2. The van der Waals surface area contributed by atoms with Crippen molar-refractivity contribution >= 4 is 0 Å². The van der Waals surface area contributed by atoms with Crippen LogP contribution in [0, 0.1) is 0 Å². The predicted octanol–water partition coefficient (Wildman–Crippen LogP) is 2.81. The largest absolute Gasteiger partial charge is 0.493 e. The Hall–Kier alpha value is -1.27. The monoisotopic (exact) mass is 289 g/mol. The molecule has 0 aliphatic carbocycles. The van der Waals surface area contributed by atoms with Gasteiger partial charge in [-0.1, -0.05) is 12.1 Å². The summed E-state index contributed by atoms with van der Waals surface area (Å²) in [6.45, 7) is 4.29. The molecule has 112 valence electrons. The topological polar surface area (TPSA) is 21.7 Å². The molecule has 1 aliphatic rings. The maximum Gasteiger partial charge on any atom is 0.419 e. The molecule has 1 aliphatic heterocycles. The Balaban J connectivity index is 1.79. The summed E-state index contributed by atoms with van der Waals surface area (Å²) in [5.74, 6) is -0.0954. The van der Waals surface area contributed by atoms with E-state index in [1.807, 2.05) is 0 Å². The van der Waals surface area contributed by atoms with Crippen molar-refractivity contribution < 1.29 is 22.6 Å². The number of hydrogen-bond acceptors (Lipinski definition) is 3. The van der Waals surface area contributed by atoms with Crippen LogP contribution in [-0.2, 0) is 10.9 Å². The summed E-state index contributed by atoms with van der Waals surface area (Å²) in [6.07, 6.45) is -3.67. The summed E-state index contributed by atoms with van der Waals surface area (Å²) >= 11 is 0. The molecule has 1 fully saturated rings. The molecule has 1 heterocycles. The van der Waals surface area contributed by atoms with E-state index in [9.17, 15) is 13.2 Å². The van der Waals surface area contributed by atoms with Gasteiger partial charge in [0, 0.05) is 19.6 Å². The summed E-state index contributed by atoms with van der Waals surface area (Å²) in [7, 11) is 0. The van der Waals surface area contributed by atoms with Crippen LogP contribution in [0.4, 0.5) is 13.2 Å².